The minimum absolute atomic E-state index is 0.0267. The van der Waals surface area contributed by atoms with Crippen molar-refractivity contribution in [1.29, 1.82) is 0 Å². The number of pyridine rings is 1. The molecule has 10 nitrogen and oxygen atoms in total. The summed E-state index contributed by atoms with van der Waals surface area (Å²) in [5.74, 6) is -0.880. The highest BCUT2D eigenvalue weighted by Crippen LogP contribution is 2.45. The van der Waals surface area contributed by atoms with Crippen LogP contribution in [0.3, 0.4) is 0 Å². The van der Waals surface area contributed by atoms with Crippen LogP contribution in [0.4, 0.5) is 37.1 Å². The molecule has 0 unspecified atom stereocenters. The third-order valence-electron chi connectivity index (χ3n) is 7.12. The molecule has 1 aliphatic heterocycles. The molecule has 1 amide bonds. The second kappa shape index (κ2) is 10.5. The van der Waals surface area contributed by atoms with E-state index >= 15 is 0 Å². The number of amides is 1. The Hall–Kier alpha value is -3.85. The zero-order chi connectivity index (χ0) is 30.5. The van der Waals surface area contributed by atoms with Crippen LogP contribution in [0.15, 0.2) is 30.6 Å². The van der Waals surface area contributed by atoms with Crippen molar-refractivity contribution in [3.8, 4) is 5.88 Å². The molecule has 2 atom stereocenters. The molecule has 3 aromatic rings. The highest BCUT2D eigenvalue weighted by molar-refractivity contribution is 5.70. The van der Waals surface area contributed by atoms with Crippen LogP contribution < -0.4 is 10.1 Å². The van der Waals surface area contributed by atoms with Gasteiger partial charge in [-0.1, -0.05) is 12.5 Å². The maximum absolute atomic E-state index is 14.1. The average Bonchev–Trinajstić information content (AvgIpc) is 3.28. The van der Waals surface area contributed by atoms with Crippen molar-refractivity contribution in [1.82, 2.24) is 29.5 Å². The molecule has 3 aromatic heterocycles. The SMILES string of the molecule is CC(C)(C)OC(=O)N1CC(Oc2nc(N[C@@H]3CCC[C@H](c4nnc5ccccn45)C3)ncc2C(F)(F)F)(C(F)(F)F)C1. The molecule has 2 fully saturated rings. The molecule has 1 saturated carbocycles. The van der Waals surface area contributed by atoms with Crippen LogP contribution in [0.2, 0.25) is 0 Å². The predicted octanol–water partition coefficient (Wildman–Crippen LogP) is 5.61. The molecular weight excluding hydrogens is 572 g/mol. The van der Waals surface area contributed by atoms with Gasteiger partial charge in [-0.3, -0.25) is 9.30 Å². The van der Waals surface area contributed by atoms with E-state index in [0.29, 0.717) is 29.6 Å². The van der Waals surface area contributed by atoms with E-state index in [4.69, 9.17) is 9.47 Å². The summed E-state index contributed by atoms with van der Waals surface area (Å²) in [5.41, 5.74) is -4.98. The summed E-state index contributed by atoms with van der Waals surface area (Å²) < 4.78 is 95.8. The maximum atomic E-state index is 14.1. The number of anilines is 1. The molecule has 1 aliphatic carbocycles. The van der Waals surface area contributed by atoms with Gasteiger partial charge in [0, 0.05) is 24.4 Å². The first-order valence-electron chi connectivity index (χ1n) is 13.3. The summed E-state index contributed by atoms with van der Waals surface area (Å²) in [4.78, 5) is 20.4. The van der Waals surface area contributed by atoms with Crippen molar-refractivity contribution >= 4 is 17.7 Å². The van der Waals surface area contributed by atoms with Crippen LogP contribution in [0.5, 0.6) is 5.88 Å². The van der Waals surface area contributed by atoms with E-state index in [2.05, 4.69) is 25.5 Å². The fourth-order valence-corrected chi connectivity index (χ4v) is 5.10. The van der Waals surface area contributed by atoms with E-state index < -0.39 is 54.2 Å². The number of carbonyl (C=O) groups is 1. The number of hydrogen-bond donors (Lipinski definition) is 1. The van der Waals surface area contributed by atoms with Crippen molar-refractivity contribution in [2.24, 2.45) is 0 Å². The molecule has 0 radical (unpaired) electrons. The molecule has 0 bridgehead atoms. The molecule has 42 heavy (non-hydrogen) atoms. The quantitative estimate of drug-likeness (QED) is 0.377. The average molecular weight is 602 g/mol. The van der Waals surface area contributed by atoms with E-state index in [1.165, 1.54) is 20.8 Å². The second-order valence-corrected chi connectivity index (χ2v) is 11.5. The number of nitrogens with one attached hydrogen (secondary N) is 1. The van der Waals surface area contributed by atoms with Gasteiger partial charge in [0.1, 0.15) is 17.0 Å². The van der Waals surface area contributed by atoms with Gasteiger partial charge < -0.3 is 14.8 Å². The number of alkyl halides is 6. The monoisotopic (exact) mass is 601 g/mol. The highest BCUT2D eigenvalue weighted by Gasteiger charge is 2.67. The number of hydrogen-bond acceptors (Lipinski definition) is 8. The lowest BCUT2D eigenvalue weighted by Crippen LogP contribution is -2.73. The van der Waals surface area contributed by atoms with Crippen LogP contribution in [-0.4, -0.2) is 72.1 Å². The van der Waals surface area contributed by atoms with Gasteiger partial charge in [-0.25, -0.2) is 9.78 Å². The van der Waals surface area contributed by atoms with Crippen molar-refractivity contribution in [3.63, 3.8) is 0 Å². The number of aromatic nitrogens is 5. The summed E-state index contributed by atoms with van der Waals surface area (Å²) in [7, 11) is 0. The number of nitrogens with zero attached hydrogens (tertiary/aromatic N) is 6. The zero-order valence-electron chi connectivity index (χ0n) is 23.0. The first-order chi connectivity index (χ1) is 19.5. The van der Waals surface area contributed by atoms with Crippen molar-refractivity contribution in [2.75, 3.05) is 18.4 Å². The standard InChI is InChI=1S/C26H29F6N7O3/c1-23(2,3)42-22(40)38-13-24(14-38,26(30,31)32)41-20-17(25(27,28)29)12-33-21(35-20)34-16-8-6-7-15(11-16)19-37-36-18-9-4-5-10-39(18)19/h4-5,9-10,12,15-16H,6-8,11,13-14H2,1-3H3,(H,33,34,35)/t15-,16+/m0/s1. The van der Waals surface area contributed by atoms with E-state index in [0.717, 1.165) is 18.7 Å². The van der Waals surface area contributed by atoms with E-state index in [-0.39, 0.29) is 17.9 Å². The van der Waals surface area contributed by atoms with Gasteiger partial charge in [0.15, 0.2) is 5.65 Å². The largest absolute Gasteiger partial charge is 0.457 e. The maximum Gasteiger partial charge on any atom is 0.431 e. The molecule has 228 valence electrons. The fourth-order valence-electron chi connectivity index (χ4n) is 5.10. The molecule has 0 aromatic carbocycles. The number of carbonyl (C=O) groups excluding carboxylic acids is 1. The highest BCUT2D eigenvalue weighted by atomic mass is 19.4. The smallest absolute Gasteiger partial charge is 0.431 e. The van der Waals surface area contributed by atoms with Crippen LogP contribution in [0.1, 0.15) is 63.8 Å². The molecule has 1 N–H and O–H groups in total. The molecular formula is C26H29F6N7O3. The van der Waals surface area contributed by atoms with Gasteiger partial charge in [0.2, 0.25) is 17.4 Å². The Morgan fingerprint density at radius 3 is 2.48 bits per heavy atom. The Kier molecular flexibility index (Phi) is 7.38. The Balaban J connectivity index is 1.36. The lowest BCUT2D eigenvalue weighted by Gasteiger charge is -2.49. The van der Waals surface area contributed by atoms with Gasteiger partial charge in [-0.05, 0) is 52.2 Å². The van der Waals surface area contributed by atoms with E-state index in [9.17, 15) is 31.1 Å². The van der Waals surface area contributed by atoms with Crippen LogP contribution in [0.25, 0.3) is 5.65 Å². The summed E-state index contributed by atoms with van der Waals surface area (Å²) >= 11 is 0. The van der Waals surface area contributed by atoms with E-state index in [1.54, 1.807) is 0 Å². The lowest BCUT2D eigenvalue weighted by molar-refractivity contribution is -0.286. The van der Waals surface area contributed by atoms with Gasteiger partial charge >= 0.3 is 18.4 Å². The molecule has 16 heteroatoms. The van der Waals surface area contributed by atoms with E-state index in [1.807, 2.05) is 28.8 Å². The minimum Gasteiger partial charge on any atom is -0.457 e. The fraction of sp³-hybridized carbons (Fsp3) is 0.577. The summed E-state index contributed by atoms with van der Waals surface area (Å²) in [5, 5.41) is 11.4. The van der Waals surface area contributed by atoms with Gasteiger partial charge in [0.25, 0.3) is 0 Å². The molecule has 5 rings (SSSR count). The van der Waals surface area contributed by atoms with Crippen LogP contribution >= 0.6 is 0 Å². The Morgan fingerprint density at radius 2 is 1.81 bits per heavy atom. The predicted molar refractivity (Wildman–Crippen MR) is 136 cm³/mol. The minimum atomic E-state index is -5.12. The van der Waals surface area contributed by atoms with Crippen molar-refractivity contribution < 1.29 is 40.6 Å². The molecule has 4 heterocycles. The Morgan fingerprint density at radius 1 is 1.07 bits per heavy atom. The molecule has 0 spiro atoms. The third kappa shape index (κ3) is 6.02. The van der Waals surface area contributed by atoms with Crippen LogP contribution in [0, 0.1) is 0 Å². The van der Waals surface area contributed by atoms with Crippen molar-refractivity contribution in [2.45, 2.75) is 82.0 Å². The van der Waals surface area contributed by atoms with Crippen LogP contribution in [-0.2, 0) is 10.9 Å². The third-order valence-corrected chi connectivity index (χ3v) is 7.12. The number of halogens is 6. The topological polar surface area (TPSA) is 107 Å². The normalized spacial score (nSPS) is 21.1. The summed E-state index contributed by atoms with van der Waals surface area (Å²) in [6.45, 7) is 2.47. The van der Waals surface area contributed by atoms with Crippen molar-refractivity contribution in [3.05, 3.63) is 42.0 Å². The Labute approximate surface area is 236 Å². The first kappa shape index (κ1) is 29.6. The number of ether oxygens (including phenoxy) is 2. The number of fused-ring (bicyclic) bond motifs is 1. The second-order valence-electron chi connectivity index (χ2n) is 11.5. The van der Waals surface area contributed by atoms with Gasteiger partial charge in [0.05, 0.1) is 13.1 Å². The molecule has 2 aliphatic rings. The Bertz CT molecular complexity index is 1450. The lowest BCUT2D eigenvalue weighted by atomic mass is 9.85. The number of likely N-dealkylation sites (tertiary alicyclic amines) is 1. The summed E-state index contributed by atoms with van der Waals surface area (Å²) in [6.07, 6.45) is -6.32. The van der Waals surface area contributed by atoms with Gasteiger partial charge in [-0.2, -0.15) is 31.3 Å². The molecule has 1 saturated heterocycles. The van der Waals surface area contributed by atoms with Gasteiger partial charge in [-0.15, -0.1) is 10.2 Å². The number of rotatable bonds is 5. The summed E-state index contributed by atoms with van der Waals surface area (Å²) in [6, 6.07) is 5.20. The zero-order valence-corrected chi connectivity index (χ0v) is 23.0. The first-order valence-corrected chi connectivity index (χ1v) is 13.3.